The summed E-state index contributed by atoms with van der Waals surface area (Å²) in [6.45, 7) is 7.49. The van der Waals surface area contributed by atoms with Crippen LogP contribution in [-0.2, 0) is 4.79 Å². The zero-order chi connectivity index (χ0) is 12.5. The number of rotatable bonds is 4. The largest absolute Gasteiger partial charge is 0.481 e. The van der Waals surface area contributed by atoms with Crippen molar-refractivity contribution in [3.05, 3.63) is 21.4 Å². The molecule has 0 radical (unpaired) electrons. The summed E-state index contributed by atoms with van der Waals surface area (Å²) in [4.78, 5) is 13.4. The summed E-state index contributed by atoms with van der Waals surface area (Å²) in [6, 6.07) is 1.86. The number of hydrogen-bond acceptors (Lipinski definition) is 3. The Morgan fingerprint density at radius 2 is 2.12 bits per heavy atom. The van der Waals surface area contributed by atoms with E-state index >= 15 is 0 Å². The van der Waals surface area contributed by atoms with Crippen molar-refractivity contribution in [3.63, 3.8) is 0 Å². The smallest absolute Gasteiger partial charge is 0.309 e. The number of aliphatic carboxylic acids is 1. The van der Waals surface area contributed by atoms with Gasteiger partial charge in [-0.05, 0) is 45.7 Å². The van der Waals surface area contributed by atoms with E-state index in [0.29, 0.717) is 6.42 Å². The predicted molar refractivity (Wildman–Crippen MR) is 66.8 cm³/mol. The molecule has 1 heterocycles. The highest BCUT2D eigenvalue weighted by atomic mass is 32.1. The standard InChI is InChI=1S/C12H19NO2S/c1-7-5-9(8(2)16-7)10(13)6-12(3,4)11(14)15/h5,10H,6,13H2,1-4H3,(H,14,15). The van der Waals surface area contributed by atoms with Gasteiger partial charge in [0.1, 0.15) is 0 Å². The molecule has 90 valence electrons. The molecular weight excluding hydrogens is 222 g/mol. The number of carbonyl (C=O) groups is 1. The summed E-state index contributed by atoms with van der Waals surface area (Å²) in [7, 11) is 0. The molecular formula is C12H19NO2S. The van der Waals surface area contributed by atoms with Crippen LogP contribution < -0.4 is 5.73 Å². The molecule has 16 heavy (non-hydrogen) atoms. The Labute approximate surface area is 100 Å². The molecule has 1 aromatic heterocycles. The van der Waals surface area contributed by atoms with Crippen molar-refractivity contribution in [1.82, 2.24) is 0 Å². The van der Waals surface area contributed by atoms with Crippen molar-refractivity contribution in [3.8, 4) is 0 Å². The maximum Gasteiger partial charge on any atom is 0.309 e. The molecule has 0 saturated carbocycles. The minimum absolute atomic E-state index is 0.198. The summed E-state index contributed by atoms with van der Waals surface area (Å²) in [6.07, 6.45) is 0.458. The quantitative estimate of drug-likeness (QED) is 0.852. The van der Waals surface area contributed by atoms with Gasteiger partial charge in [0.2, 0.25) is 0 Å². The van der Waals surface area contributed by atoms with E-state index in [4.69, 9.17) is 10.8 Å². The van der Waals surface area contributed by atoms with Crippen LogP contribution in [0.25, 0.3) is 0 Å². The van der Waals surface area contributed by atoms with Gasteiger partial charge in [0.15, 0.2) is 0 Å². The normalized spacial score (nSPS) is 13.8. The Morgan fingerprint density at radius 1 is 1.56 bits per heavy atom. The molecule has 1 unspecified atom stereocenters. The third-order valence-electron chi connectivity index (χ3n) is 2.79. The van der Waals surface area contributed by atoms with E-state index in [1.165, 1.54) is 9.75 Å². The van der Waals surface area contributed by atoms with Crippen molar-refractivity contribution in [2.24, 2.45) is 11.1 Å². The lowest BCUT2D eigenvalue weighted by Crippen LogP contribution is -2.28. The molecule has 0 aromatic carbocycles. The Hall–Kier alpha value is -0.870. The topological polar surface area (TPSA) is 63.3 Å². The molecule has 0 amide bonds. The van der Waals surface area contributed by atoms with Gasteiger partial charge in [0, 0.05) is 15.8 Å². The van der Waals surface area contributed by atoms with E-state index in [2.05, 4.69) is 6.07 Å². The third kappa shape index (κ3) is 2.83. The maximum atomic E-state index is 11.0. The molecule has 0 spiro atoms. The first kappa shape index (κ1) is 13.2. The Kier molecular flexibility index (Phi) is 3.76. The van der Waals surface area contributed by atoms with Crippen LogP contribution in [-0.4, -0.2) is 11.1 Å². The zero-order valence-corrected chi connectivity index (χ0v) is 11.0. The molecule has 0 aliphatic rings. The first-order valence-corrected chi connectivity index (χ1v) is 6.11. The van der Waals surface area contributed by atoms with Gasteiger partial charge in [0.25, 0.3) is 0 Å². The molecule has 0 bridgehead atoms. The highest BCUT2D eigenvalue weighted by molar-refractivity contribution is 7.12. The van der Waals surface area contributed by atoms with E-state index in [1.807, 2.05) is 13.8 Å². The van der Waals surface area contributed by atoms with Crippen LogP contribution in [0.5, 0.6) is 0 Å². The maximum absolute atomic E-state index is 11.0. The van der Waals surface area contributed by atoms with Crippen molar-refractivity contribution < 1.29 is 9.90 Å². The molecule has 0 saturated heterocycles. The number of hydrogen-bond donors (Lipinski definition) is 2. The number of carboxylic acids is 1. The van der Waals surface area contributed by atoms with Crippen LogP contribution in [0, 0.1) is 19.3 Å². The average Bonchev–Trinajstić information content (AvgIpc) is 2.44. The van der Waals surface area contributed by atoms with Gasteiger partial charge in [-0.25, -0.2) is 0 Å². The van der Waals surface area contributed by atoms with Gasteiger partial charge in [-0.1, -0.05) is 0 Å². The lowest BCUT2D eigenvalue weighted by molar-refractivity contribution is -0.147. The SMILES string of the molecule is Cc1cc(C(N)CC(C)(C)C(=O)O)c(C)s1. The molecule has 1 aromatic rings. The van der Waals surface area contributed by atoms with Crippen LogP contribution in [0.4, 0.5) is 0 Å². The molecule has 1 atom stereocenters. The zero-order valence-electron chi connectivity index (χ0n) is 10.2. The van der Waals surface area contributed by atoms with Crippen molar-refractivity contribution in [2.45, 2.75) is 40.2 Å². The van der Waals surface area contributed by atoms with E-state index < -0.39 is 11.4 Å². The van der Waals surface area contributed by atoms with Gasteiger partial charge >= 0.3 is 5.97 Å². The Balaban J connectivity index is 2.84. The summed E-state index contributed by atoms with van der Waals surface area (Å²) >= 11 is 1.70. The molecule has 3 N–H and O–H groups in total. The number of carboxylic acid groups (broad SMARTS) is 1. The van der Waals surface area contributed by atoms with E-state index in [-0.39, 0.29) is 6.04 Å². The van der Waals surface area contributed by atoms with E-state index in [9.17, 15) is 4.79 Å². The fourth-order valence-corrected chi connectivity index (χ4v) is 2.76. The first-order valence-electron chi connectivity index (χ1n) is 5.30. The first-order chi connectivity index (χ1) is 7.24. The molecule has 0 aliphatic heterocycles. The highest BCUT2D eigenvalue weighted by Gasteiger charge is 2.30. The lowest BCUT2D eigenvalue weighted by atomic mass is 9.84. The number of nitrogens with two attached hydrogens (primary N) is 1. The molecule has 0 fully saturated rings. The fraction of sp³-hybridized carbons (Fsp3) is 0.583. The second kappa shape index (κ2) is 4.55. The highest BCUT2D eigenvalue weighted by Crippen LogP contribution is 2.33. The molecule has 0 aliphatic carbocycles. The Morgan fingerprint density at radius 3 is 2.50 bits per heavy atom. The van der Waals surface area contributed by atoms with E-state index in [0.717, 1.165) is 5.56 Å². The fourth-order valence-electron chi connectivity index (χ4n) is 1.77. The third-order valence-corrected chi connectivity index (χ3v) is 3.77. The van der Waals surface area contributed by atoms with Crippen LogP contribution in [0.15, 0.2) is 6.07 Å². The minimum Gasteiger partial charge on any atom is -0.481 e. The van der Waals surface area contributed by atoms with Crippen molar-refractivity contribution >= 4 is 17.3 Å². The molecule has 1 rings (SSSR count). The molecule has 4 heteroatoms. The predicted octanol–water partition coefficient (Wildman–Crippen LogP) is 2.87. The molecule has 3 nitrogen and oxygen atoms in total. The number of thiophene rings is 1. The summed E-state index contributed by atoms with van der Waals surface area (Å²) < 4.78 is 0. The van der Waals surface area contributed by atoms with Crippen LogP contribution >= 0.6 is 11.3 Å². The van der Waals surface area contributed by atoms with Crippen LogP contribution in [0.1, 0.15) is 41.6 Å². The van der Waals surface area contributed by atoms with Gasteiger partial charge in [-0.2, -0.15) is 0 Å². The monoisotopic (exact) mass is 241 g/mol. The van der Waals surface area contributed by atoms with Crippen LogP contribution in [0.3, 0.4) is 0 Å². The van der Waals surface area contributed by atoms with Crippen LogP contribution in [0.2, 0.25) is 0 Å². The summed E-state index contributed by atoms with van der Waals surface area (Å²) in [5.41, 5.74) is 6.38. The van der Waals surface area contributed by atoms with Gasteiger partial charge in [-0.3, -0.25) is 4.79 Å². The second-order valence-electron chi connectivity index (χ2n) is 4.87. The van der Waals surface area contributed by atoms with Gasteiger partial charge in [-0.15, -0.1) is 11.3 Å². The second-order valence-corrected chi connectivity index (χ2v) is 6.33. The average molecular weight is 241 g/mol. The lowest BCUT2D eigenvalue weighted by Gasteiger charge is -2.23. The van der Waals surface area contributed by atoms with Crippen molar-refractivity contribution in [1.29, 1.82) is 0 Å². The summed E-state index contributed by atoms with van der Waals surface area (Å²) in [5, 5.41) is 9.06. The van der Waals surface area contributed by atoms with Crippen molar-refractivity contribution in [2.75, 3.05) is 0 Å². The van der Waals surface area contributed by atoms with E-state index in [1.54, 1.807) is 25.2 Å². The minimum atomic E-state index is -0.799. The Bertz CT molecular complexity index is 396. The summed E-state index contributed by atoms with van der Waals surface area (Å²) in [5.74, 6) is -0.799. The number of aryl methyl sites for hydroxylation is 2. The van der Waals surface area contributed by atoms with Gasteiger partial charge < -0.3 is 10.8 Å². The van der Waals surface area contributed by atoms with Gasteiger partial charge in [0.05, 0.1) is 5.41 Å².